The normalized spacial score (nSPS) is 10.2. The molecule has 1 rings (SSSR count). The zero-order valence-corrected chi connectivity index (χ0v) is 11.1. The Hall–Kier alpha value is -1.69. The maximum atomic E-state index is 11.8. The Morgan fingerprint density at radius 3 is 2.83 bits per heavy atom. The molecule has 0 fully saturated rings. The van der Waals surface area contributed by atoms with E-state index < -0.39 is 0 Å². The number of hydrogen-bond donors (Lipinski definition) is 2. The molecule has 0 bridgehead atoms. The molecule has 0 saturated heterocycles. The molecule has 1 aromatic heterocycles. The Kier molecular flexibility index (Phi) is 6.07. The Labute approximate surface area is 107 Å². The summed E-state index contributed by atoms with van der Waals surface area (Å²) < 4.78 is 4.87. The highest BCUT2D eigenvalue weighted by Crippen LogP contribution is 2.06. The standard InChI is InChI=1S/C12H20N4O2/c1-4-5-13-11-8-10(15-9(2)16-11)12(17)14-6-7-18-3/h8H,4-7H2,1-3H3,(H,14,17)(H,13,15,16). The molecule has 1 amide bonds. The fraction of sp³-hybridized carbons (Fsp3) is 0.583. The van der Waals surface area contributed by atoms with Crippen molar-refractivity contribution in [1.29, 1.82) is 0 Å². The fourth-order valence-corrected chi connectivity index (χ4v) is 1.38. The van der Waals surface area contributed by atoms with Gasteiger partial charge in [0.1, 0.15) is 17.3 Å². The molecule has 0 aliphatic rings. The van der Waals surface area contributed by atoms with Crippen LogP contribution in [0.15, 0.2) is 6.07 Å². The molecule has 0 radical (unpaired) electrons. The van der Waals surface area contributed by atoms with Gasteiger partial charge in [0.25, 0.3) is 5.91 Å². The van der Waals surface area contributed by atoms with E-state index >= 15 is 0 Å². The quantitative estimate of drug-likeness (QED) is 0.708. The summed E-state index contributed by atoms with van der Waals surface area (Å²) in [5.41, 5.74) is 0.372. The molecule has 2 N–H and O–H groups in total. The summed E-state index contributed by atoms with van der Waals surface area (Å²) in [6.07, 6.45) is 0.998. The van der Waals surface area contributed by atoms with E-state index in [-0.39, 0.29) is 5.91 Å². The lowest BCUT2D eigenvalue weighted by Gasteiger charge is -2.08. The van der Waals surface area contributed by atoms with Crippen LogP contribution in [0.1, 0.15) is 29.7 Å². The van der Waals surface area contributed by atoms with Gasteiger partial charge in [-0.3, -0.25) is 4.79 Å². The van der Waals surface area contributed by atoms with E-state index in [4.69, 9.17) is 4.74 Å². The van der Waals surface area contributed by atoms with E-state index in [1.807, 2.05) is 0 Å². The molecule has 0 aromatic carbocycles. The minimum atomic E-state index is -0.211. The Morgan fingerprint density at radius 1 is 1.39 bits per heavy atom. The zero-order valence-electron chi connectivity index (χ0n) is 11.1. The predicted octanol–water partition coefficient (Wildman–Crippen LogP) is 0.983. The highest BCUT2D eigenvalue weighted by Gasteiger charge is 2.09. The second kappa shape index (κ2) is 7.60. The molecule has 1 aromatic rings. The first-order valence-electron chi connectivity index (χ1n) is 6.04. The molecule has 0 saturated carbocycles. The highest BCUT2D eigenvalue weighted by atomic mass is 16.5. The second-order valence-corrected chi connectivity index (χ2v) is 3.86. The van der Waals surface area contributed by atoms with Crippen LogP contribution in [-0.4, -0.2) is 42.7 Å². The van der Waals surface area contributed by atoms with Gasteiger partial charge in [0.2, 0.25) is 0 Å². The summed E-state index contributed by atoms with van der Waals surface area (Å²) in [5.74, 6) is 1.05. The van der Waals surface area contributed by atoms with Gasteiger partial charge in [-0.15, -0.1) is 0 Å². The molecule has 6 nitrogen and oxygen atoms in total. The first-order chi connectivity index (χ1) is 8.67. The van der Waals surface area contributed by atoms with E-state index in [2.05, 4.69) is 27.5 Å². The van der Waals surface area contributed by atoms with Gasteiger partial charge in [0.15, 0.2) is 0 Å². The summed E-state index contributed by atoms with van der Waals surface area (Å²) in [6, 6.07) is 1.66. The number of amides is 1. The molecular formula is C12H20N4O2. The minimum Gasteiger partial charge on any atom is -0.383 e. The number of aromatic nitrogens is 2. The first kappa shape index (κ1) is 14.4. The van der Waals surface area contributed by atoms with Crippen LogP contribution >= 0.6 is 0 Å². The monoisotopic (exact) mass is 252 g/mol. The average molecular weight is 252 g/mol. The SMILES string of the molecule is CCCNc1cc(C(=O)NCCOC)nc(C)n1. The van der Waals surface area contributed by atoms with Crippen LogP contribution < -0.4 is 10.6 Å². The van der Waals surface area contributed by atoms with Gasteiger partial charge in [-0.2, -0.15) is 0 Å². The average Bonchev–Trinajstić information content (AvgIpc) is 2.36. The van der Waals surface area contributed by atoms with Crippen molar-refractivity contribution in [2.24, 2.45) is 0 Å². The van der Waals surface area contributed by atoms with Crippen molar-refractivity contribution in [3.63, 3.8) is 0 Å². The number of carbonyl (C=O) groups excluding carboxylic acids is 1. The molecule has 0 atom stereocenters. The largest absolute Gasteiger partial charge is 0.383 e. The third kappa shape index (κ3) is 4.67. The van der Waals surface area contributed by atoms with Crippen molar-refractivity contribution in [3.8, 4) is 0 Å². The van der Waals surface area contributed by atoms with Gasteiger partial charge in [0.05, 0.1) is 6.61 Å². The number of hydrogen-bond acceptors (Lipinski definition) is 5. The van der Waals surface area contributed by atoms with Crippen molar-refractivity contribution in [2.75, 3.05) is 32.1 Å². The minimum absolute atomic E-state index is 0.211. The van der Waals surface area contributed by atoms with Crippen molar-refractivity contribution in [1.82, 2.24) is 15.3 Å². The number of carbonyl (C=O) groups is 1. The van der Waals surface area contributed by atoms with E-state index in [1.165, 1.54) is 0 Å². The molecule has 18 heavy (non-hydrogen) atoms. The topological polar surface area (TPSA) is 76.1 Å². The Balaban J connectivity index is 2.69. The van der Waals surface area contributed by atoms with Crippen molar-refractivity contribution < 1.29 is 9.53 Å². The number of rotatable bonds is 7. The van der Waals surface area contributed by atoms with Crippen LogP contribution in [0.5, 0.6) is 0 Å². The summed E-state index contributed by atoms with van der Waals surface area (Å²) in [4.78, 5) is 20.2. The maximum Gasteiger partial charge on any atom is 0.270 e. The molecule has 0 spiro atoms. The van der Waals surface area contributed by atoms with Gasteiger partial charge in [-0.05, 0) is 13.3 Å². The smallest absolute Gasteiger partial charge is 0.270 e. The van der Waals surface area contributed by atoms with Crippen LogP contribution in [0.3, 0.4) is 0 Å². The van der Waals surface area contributed by atoms with E-state index in [0.29, 0.717) is 30.5 Å². The number of aryl methyl sites for hydroxylation is 1. The lowest BCUT2D eigenvalue weighted by Crippen LogP contribution is -2.28. The third-order valence-electron chi connectivity index (χ3n) is 2.22. The van der Waals surface area contributed by atoms with Gasteiger partial charge in [-0.1, -0.05) is 6.92 Å². The van der Waals surface area contributed by atoms with Crippen LogP contribution in [0.2, 0.25) is 0 Å². The Bertz CT molecular complexity index is 396. The molecule has 0 aliphatic carbocycles. The number of nitrogens with one attached hydrogen (secondary N) is 2. The lowest BCUT2D eigenvalue weighted by atomic mass is 10.3. The predicted molar refractivity (Wildman–Crippen MR) is 69.8 cm³/mol. The molecule has 100 valence electrons. The van der Waals surface area contributed by atoms with Gasteiger partial charge < -0.3 is 15.4 Å². The fourth-order valence-electron chi connectivity index (χ4n) is 1.38. The van der Waals surface area contributed by atoms with Crippen molar-refractivity contribution in [3.05, 3.63) is 17.6 Å². The third-order valence-corrected chi connectivity index (χ3v) is 2.22. The number of methoxy groups -OCH3 is 1. The van der Waals surface area contributed by atoms with Crippen LogP contribution in [0, 0.1) is 6.92 Å². The van der Waals surface area contributed by atoms with Gasteiger partial charge in [-0.25, -0.2) is 9.97 Å². The van der Waals surface area contributed by atoms with Crippen molar-refractivity contribution >= 4 is 11.7 Å². The van der Waals surface area contributed by atoms with Gasteiger partial charge in [0, 0.05) is 26.3 Å². The first-order valence-corrected chi connectivity index (χ1v) is 6.04. The molecule has 0 unspecified atom stereocenters. The maximum absolute atomic E-state index is 11.8. The zero-order chi connectivity index (χ0) is 13.4. The van der Waals surface area contributed by atoms with E-state index in [0.717, 1.165) is 13.0 Å². The van der Waals surface area contributed by atoms with E-state index in [1.54, 1.807) is 20.1 Å². The van der Waals surface area contributed by atoms with Crippen LogP contribution in [0.4, 0.5) is 5.82 Å². The molecule has 6 heteroatoms. The summed E-state index contributed by atoms with van der Waals surface area (Å²) >= 11 is 0. The van der Waals surface area contributed by atoms with Crippen LogP contribution in [-0.2, 0) is 4.74 Å². The summed E-state index contributed by atoms with van der Waals surface area (Å²) in [6.45, 7) is 5.61. The Morgan fingerprint density at radius 2 is 2.17 bits per heavy atom. The van der Waals surface area contributed by atoms with Crippen molar-refractivity contribution in [2.45, 2.75) is 20.3 Å². The van der Waals surface area contributed by atoms with Crippen LogP contribution in [0.25, 0.3) is 0 Å². The van der Waals surface area contributed by atoms with Gasteiger partial charge >= 0.3 is 0 Å². The second-order valence-electron chi connectivity index (χ2n) is 3.86. The summed E-state index contributed by atoms with van der Waals surface area (Å²) in [7, 11) is 1.59. The summed E-state index contributed by atoms with van der Waals surface area (Å²) in [5, 5.41) is 5.87. The number of ether oxygens (including phenoxy) is 1. The molecule has 1 heterocycles. The highest BCUT2D eigenvalue weighted by molar-refractivity contribution is 5.92. The lowest BCUT2D eigenvalue weighted by molar-refractivity contribution is 0.0932. The van der Waals surface area contributed by atoms with E-state index in [9.17, 15) is 4.79 Å². The molecule has 0 aliphatic heterocycles. The molecular weight excluding hydrogens is 232 g/mol. The number of anilines is 1. The number of nitrogens with zero attached hydrogens (tertiary/aromatic N) is 2.